The van der Waals surface area contributed by atoms with Crippen LogP contribution in [0.1, 0.15) is 406 Å². The molecule has 0 radical (unpaired) electrons. The van der Waals surface area contributed by atoms with Gasteiger partial charge in [0.25, 0.3) is 0 Å². The first kappa shape index (κ1) is 95.7. The van der Waals surface area contributed by atoms with E-state index in [1.165, 1.54) is 77.0 Å². The molecule has 0 spiro atoms. The van der Waals surface area contributed by atoms with Crippen molar-refractivity contribution in [3.05, 3.63) is 24.8 Å². The lowest BCUT2D eigenvalue weighted by atomic mass is 9.75. The Balaban J connectivity index is -0.00000106. The fourth-order valence-electron chi connectivity index (χ4n) is 13.6. The van der Waals surface area contributed by atoms with Crippen molar-refractivity contribution in [2.24, 2.45) is 97.1 Å². The van der Waals surface area contributed by atoms with E-state index >= 15 is 0 Å². The Morgan fingerprint density at radius 3 is 0.851 bits per heavy atom. The molecule has 3 saturated carbocycles. The Kier molecular flexibility index (Phi) is 48.4. The Morgan fingerprint density at radius 2 is 0.617 bits per heavy atom. The summed E-state index contributed by atoms with van der Waals surface area (Å²) >= 11 is 0. The van der Waals surface area contributed by atoms with Crippen molar-refractivity contribution in [3.8, 4) is 0 Å². The van der Waals surface area contributed by atoms with Crippen molar-refractivity contribution in [2.45, 2.75) is 406 Å². The van der Waals surface area contributed by atoms with Gasteiger partial charge in [0.1, 0.15) is 34.7 Å². The molecule has 0 amide bonds. The molecular weight excluding hydrogens is 1150 g/mol. The molecule has 94 heavy (non-hydrogen) atoms. The highest BCUT2D eigenvalue weighted by Crippen LogP contribution is 2.40. The van der Waals surface area contributed by atoms with Crippen LogP contribution in [0.2, 0.25) is 0 Å². The van der Waals surface area contributed by atoms with E-state index in [1.807, 2.05) is 13.0 Å². The van der Waals surface area contributed by atoms with Gasteiger partial charge in [-0.1, -0.05) is 295 Å². The third kappa shape index (κ3) is 56.4. The summed E-state index contributed by atoms with van der Waals surface area (Å²) in [6.07, 6.45) is 36.9. The molecular formula is C88H166O6. The van der Waals surface area contributed by atoms with Gasteiger partial charge in [-0.2, -0.15) is 0 Å². The number of ketones is 6. The summed E-state index contributed by atoms with van der Waals surface area (Å²) in [5.41, 5.74) is 2.19. The molecule has 0 bridgehead atoms. The smallest absolute Gasteiger partial charge is 0.136 e. The van der Waals surface area contributed by atoms with Gasteiger partial charge in [0.2, 0.25) is 0 Å². The SMILES string of the molecule is C=C(C)CC(CCC)C(=O)CC(C)(C)C.C=CCCC(C(=O)CC(C)(C)C)C(C)C.CCCC(CC(C)(C)C)C(=O)CC(C)(C)C.CCCC(CC1CC1)C(=O)CC(C)(C)C.CCCC(CC1CCC1)C(=O)CC(C)(C)C.CCCC(CC1CCCC1)C(=O)CC(C)(C)C. The Labute approximate surface area is 588 Å². The minimum absolute atomic E-state index is 0.109. The minimum Gasteiger partial charge on any atom is -0.299 e. The van der Waals surface area contributed by atoms with E-state index < -0.39 is 0 Å². The van der Waals surface area contributed by atoms with Crippen molar-refractivity contribution in [2.75, 3.05) is 0 Å². The molecule has 3 aliphatic carbocycles. The molecule has 6 heteroatoms. The molecule has 6 atom stereocenters. The number of carbonyl (C=O) groups excluding carboxylic acids is 6. The zero-order chi connectivity index (χ0) is 73.6. The molecule has 6 unspecified atom stereocenters. The average molecular weight is 1320 g/mol. The second-order valence-corrected chi connectivity index (χ2v) is 39.4. The number of Topliss-reactive ketones (excluding diaryl/α,β-unsaturated/α-hetero) is 6. The van der Waals surface area contributed by atoms with Crippen molar-refractivity contribution in [1.82, 2.24) is 0 Å². The van der Waals surface area contributed by atoms with Crippen LogP contribution in [0.25, 0.3) is 0 Å². The Bertz CT molecular complexity index is 2070. The first-order valence-electron chi connectivity index (χ1n) is 39.3. The minimum atomic E-state index is 0.109. The van der Waals surface area contributed by atoms with E-state index in [9.17, 15) is 28.8 Å². The Hall–Kier alpha value is -2.50. The highest BCUT2D eigenvalue weighted by molar-refractivity contribution is 5.84. The van der Waals surface area contributed by atoms with E-state index in [2.05, 4.69) is 207 Å². The maximum Gasteiger partial charge on any atom is 0.136 e. The van der Waals surface area contributed by atoms with Crippen molar-refractivity contribution in [3.63, 3.8) is 0 Å². The number of hydrogen-bond donors (Lipinski definition) is 0. The van der Waals surface area contributed by atoms with Gasteiger partial charge in [-0.25, -0.2) is 0 Å². The summed E-state index contributed by atoms with van der Waals surface area (Å²) in [6.45, 7) is 70.1. The van der Waals surface area contributed by atoms with Gasteiger partial charge >= 0.3 is 0 Å². The molecule has 3 aliphatic rings. The van der Waals surface area contributed by atoms with Crippen LogP contribution < -0.4 is 0 Å². The maximum absolute atomic E-state index is 12.3. The van der Waals surface area contributed by atoms with Crippen LogP contribution in [-0.2, 0) is 28.8 Å². The third-order valence-corrected chi connectivity index (χ3v) is 18.3. The van der Waals surface area contributed by atoms with Gasteiger partial charge in [0, 0.05) is 74.0 Å². The summed E-state index contributed by atoms with van der Waals surface area (Å²) in [6, 6.07) is 0. The Morgan fingerprint density at radius 1 is 0.362 bits per heavy atom. The topological polar surface area (TPSA) is 102 Å². The normalized spacial score (nSPS) is 16.8. The second-order valence-electron chi connectivity index (χ2n) is 39.4. The monoisotopic (exact) mass is 1320 g/mol. The van der Waals surface area contributed by atoms with Crippen molar-refractivity contribution >= 4 is 34.7 Å². The third-order valence-electron chi connectivity index (χ3n) is 18.3. The summed E-state index contributed by atoms with van der Waals surface area (Å²) < 4.78 is 0. The van der Waals surface area contributed by atoms with Gasteiger partial charge in [0.15, 0.2) is 0 Å². The standard InChI is InChI=1S/C16H30O.C15H28O.C15H30O.3C14H26O/c1-5-8-14(11-13-9-6-7-10-13)15(17)12-16(2,3)4;1-5-7-13(10-12-8-6-9-12)14(16)11-15(2,3)4;1-8-9-12(10-14(2,3)4)13(16)11-15(5,6)7;1-5-6-12(9-11-7-8-11)13(15)10-14(2,3)4;1-7-8-12(9-11(2)3)13(15)10-14(4,5)6;1-7-8-9-12(11(2)3)13(15)10-14(4,5)6/h13-14H,5-12H2,1-4H3;12-13H,5-11H2,1-4H3;12H,8-11H2,1-7H3;11-12H,5-10H2,1-4H3;12H,2,7-10H2,1,3-6H3;7,11-12H,1,8-10H2,2-6H3. The van der Waals surface area contributed by atoms with Crippen LogP contribution in [0.3, 0.4) is 0 Å². The highest BCUT2D eigenvalue weighted by Gasteiger charge is 2.33. The van der Waals surface area contributed by atoms with Gasteiger partial charge in [0.05, 0.1) is 0 Å². The fourth-order valence-corrected chi connectivity index (χ4v) is 13.6. The predicted octanol–water partition coefficient (Wildman–Crippen LogP) is 27.2. The van der Waals surface area contributed by atoms with E-state index in [0.29, 0.717) is 77.6 Å². The predicted molar refractivity (Wildman–Crippen MR) is 414 cm³/mol. The van der Waals surface area contributed by atoms with E-state index in [-0.39, 0.29) is 55.7 Å². The first-order chi connectivity index (χ1) is 42.8. The molecule has 0 saturated heterocycles. The van der Waals surface area contributed by atoms with E-state index in [0.717, 1.165) is 132 Å². The van der Waals surface area contributed by atoms with Gasteiger partial charge in [-0.3, -0.25) is 28.8 Å². The van der Waals surface area contributed by atoms with Crippen LogP contribution in [0, 0.1) is 97.1 Å². The van der Waals surface area contributed by atoms with Gasteiger partial charge < -0.3 is 0 Å². The van der Waals surface area contributed by atoms with Gasteiger partial charge in [-0.05, 0) is 146 Å². The lowest BCUT2D eigenvalue weighted by molar-refractivity contribution is -0.126. The highest BCUT2D eigenvalue weighted by atomic mass is 16.1. The molecule has 0 heterocycles. The molecule has 0 aliphatic heterocycles. The first-order valence-corrected chi connectivity index (χ1v) is 39.3. The molecule has 554 valence electrons. The van der Waals surface area contributed by atoms with Gasteiger partial charge in [-0.15, -0.1) is 13.2 Å². The molecule has 0 N–H and O–H groups in total. The van der Waals surface area contributed by atoms with Crippen LogP contribution in [0.4, 0.5) is 0 Å². The lowest BCUT2D eigenvalue weighted by Gasteiger charge is -2.30. The molecule has 6 nitrogen and oxygen atoms in total. The van der Waals surface area contributed by atoms with Crippen molar-refractivity contribution in [1.29, 1.82) is 0 Å². The zero-order valence-electron chi connectivity index (χ0n) is 68.8. The van der Waals surface area contributed by atoms with Crippen LogP contribution >= 0.6 is 0 Å². The van der Waals surface area contributed by atoms with Crippen LogP contribution in [-0.4, -0.2) is 34.7 Å². The number of carbonyl (C=O) groups is 6. The second kappa shape index (κ2) is 47.5. The summed E-state index contributed by atoms with van der Waals surface area (Å²) in [7, 11) is 0. The molecule has 0 aromatic rings. The van der Waals surface area contributed by atoms with E-state index in [1.54, 1.807) is 0 Å². The summed E-state index contributed by atoms with van der Waals surface area (Å²) in [5.74, 6) is 7.61. The van der Waals surface area contributed by atoms with Crippen LogP contribution in [0.15, 0.2) is 24.8 Å². The molecule has 0 aromatic heterocycles. The van der Waals surface area contributed by atoms with E-state index in [4.69, 9.17) is 0 Å². The number of allylic oxidation sites excluding steroid dienone is 2. The molecule has 0 aromatic carbocycles. The molecule has 3 fully saturated rings. The summed E-state index contributed by atoms with van der Waals surface area (Å²) in [4.78, 5) is 73.0. The quantitative estimate of drug-likeness (QED) is 0.0586. The number of rotatable bonds is 35. The number of hydrogen-bond acceptors (Lipinski definition) is 6. The lowest BCUT2D eigenvalue weighted by Crippen LogP contribution is -2.25. The molecule has 3 rings (SSSR count). The zero-order valence-corrected chi connectivity index (χ0v) is 68.8. The maximum atomic E-state index is 12.3. The fraction of sp³-hybridized carbons (Fsp3) is 0.886. The largest absolute Gasteiger partial charge is 0.299 e. The summed E-state index contributed by atoms with van der Waals surface area (Å²) in [5, 5.41) is 0. The van der Waals surface area contributed by atoms with Crippen molar-refractivity contribution < 1.29 is 28.8 Å². The average Bonchev–Trinajstić information content (AvgIpc) is 1.38. The van der Waals surface area contributed by atoms with Crippen LogP contribution in [0.5, 0.6) is 0 Å².